The Morgan fingerprint density at radius 2 is 0.719 bits per heavy atom. The molecule has 1 amide bonds. The van der Waals surface area contributed by atoms with Gasteiger partial charge in [-0.25, -0.2) is 0 Å². The summed E-state index contributed by atoms with van der Waals surface area (Å²) in [6.45, 7) is 14.1. The second-order valence-electron chi connectivity index (χ2n) is 20.0. The van der Waals surface area contributed by atoms with Gasteiger partial charge in [-0.3, -0.25) is 14.4 Å². The summed E-state index contributed by atoms with van der Waals surface area (Å²) >= 11 is 0. The van der Waals surface area contributed by atoms with Crippen LogP contribution in [0.1, 0.15) is 298 Å². The highest BCUT2D eigenvalue weighted by Crippen LogP contribution is 2.23. The van der Waals surface area contributed by atoms with Gasteiger partial charge in [-0.15, -0.1) is 0 Å². The molecule has 1 N–H and O–H groups in total. The minimum Gasteiger partial charge on any atom is -0.465 e. The van der Waals surface area contributed by atoms with Crippen molar-refractivity contribution in [2.45, 2.75) is 304 Å². The highest BCUT2D eigenvalue weighted by Gasteiger charge is 2.23. The van der Waals surface area contributed by atoms with E-state index in [1.54, 1.807) is 0 Å². The molecule has 0 bridgehead atoms. The van der Waals surface area contributed by atoms with Gasteiger partial charge < -0.3 is 19.7 Å². The highest BCUT2D eigenvalue weighted by atomic mass is 16.5. The largest absolute Gasteiger partial charge is 0.465 e. The molecule has 0 heterocycles. The normalized spacial score (nSPS) is 12.9. The van der Waals surface area contributed by atoms with Gasteiger partial charge in [0.25, 0.3) is 0 Å². The molecule has 0 aliphatic rings. The number of carbonyl (C=O) groups excluding carboxylic acids is 3. The Labute approximate surface area is 399 Å². The number of nitrogens with one attached hydrogen (secondary N) is 1. The first-order chi connectivity index (χ1) is 31.4. The topological polar surface area (TPSA) is 84.9 Å². The monoisotopic (exact) mass is 905 g/mol. The van der Waals surface area contributed by atoms with Crippen molar-refractivity contribution in [3.8, 4) is 0 Å². The van der Waals surface area contributed by atoms with Crippen molar-refractivity contribution in [2.75, 3.05) is 33.4 Å². The number of carbonyl (C=O) groups is 3. The first kappa shape index (κ1) is 62.4. The first-order valence-electron chi connectivity index (χ1n) is 28.6. The van der Waals surface area contributed by atoms with Crippen LogP contribution in [-0.2, 0) is 23.9 Å². The zero-order valence-corrected chi connectivity index (χ0v) is 44.0. The molecule has 2 unspecified atom stereocenters. The molecule has 64 heavy (non-hydrogen) atoms. The van der Waals surface area contributed by atoms with Gasteiger partial charge in [0.05, 0.1) is 13.2 Å². The van der Waals surface area contributed by atoms with Crippen LogP contribution in [0.3, 0.4) is 0 Å². The van der Waals surface area contributed by atoms with E-state index in [1.807, 2.05) is 7.05 Å². The van der Waals surface area contributed by atoms with E-state index in [0.717, 1.165) is 83.7 Å². The molecule has 0 radical (unpaired) electrons. The molecule has 0 spiro atoms. The van der Waals surface area contributed by atoms with Crippen LogP contribution in [0.25, 0.3) is 0 Å². The quantitative estimate of drug-likeness (QED) is 0.0483. The maximum absolute atomic E-state index is 13.7. The maximum atomic E-state index is 13.7. The molecule has 0 aromatic carbocycles. The maximum Gasteiger partial charge on any atom is 0.305 e. The van der Waals surface area contributed by atoms with Gasteiger partial charge in [0.15, 0.2) is 0 Å². The summed E-state index contributed by atoms with van der Waals surface area (Å²) < 4.78 is 11.6. The van der Waals surface area contributed by atoms with E-state index in [4.69, 9.17) is 9.47 Å². The van der Waals surface area contributed by atoms with Crippen LogP contribution >= 0.6 is 0 Å². The number of unbranched alkanes of at least 4 members (excludes halogenated alkanes) is 25. The third-order valence-electron chi connectivity index (χ3n) is 13.8. The van der Waals surface area contributed by atoms with E-state index in [1.165, 1.54) is 173 Å². The summed E-state index contributed by atoms with van der Waals surface area (Å²) in [6.07, 6.45) is 47.3. The van der Waals surface area contributed by atoms with Crippen molar-refractivity contribution in [1.29, 1.82) is 0 Å². The number of hydrogen-bond acceptors (Lipinski definition) is 6. The predicted octanol–water partition coefficient (Wildman–Crippen LogP) is 16.8. The van der Waals surface area contributed by atoms with Crippen LogP contribution in [0.5, 0.6) is 0 Å². The third-order valence-corrected chi connectivity index (χ3v) is 13.8. The van der Waals surface area contributed by atoms with Gasteiger partial charge in [-0.05, 0) is 76.7 Å². The molecular weight excluding hydrogens is 793 g/mol. The Kier molecular flexibility index (Phi) is 48.0. The van der Waals surface area contributed by atoms with Gasteiger partial charge in [-0.2, -0.15) is 0 Å². The van der Waals surface area contributed by atoms with E-state index >= 15 is 0 Å². The predicted molar refractivity (Wildman–Crippen MR) is 276 cm³/mol. The number of nitrogens with zero attached hydrogens (tertiary/aromatic N) is 1. The van der Waals surface area contributed by atoms with Crippen molar-refractivity contribution in [1.82, 2.24) is 10.2 Å². The van der Waals surface area contributed by atoms with Crippen molar-refractivity contribution in [2.24, 2.45) is 11.8 Å². The number of ether oxygens (including phenoxy) is 2. The third kappa shape index (κ3) is 40.6. The minimum atomic E-state index is -0.00742. The molecule has 0 fully saturated rings. The Bertz CT molecular complexity index is 950. The summed E-state index contributed by atoms with van der Waals surface area (Å²) in [5.41, 5.74) is 0. The SMILES string of the molecule is CCCCCCCCCCN(C(=O)CCNC)C(CCCCCCCCC(=O)OCC(CCCC)CCCCCC)CCCCCCCCC(=O)OCC(CCCC)CCCCCC. The highest BCUT2D eigenvalue weighted by molar-refractivity contribution is 5.76. The fourth-order valence-electron chi connectivity index (χ4n) is 9.36. The zero-order chi connectivity index (χ0) is 47.0. The van der Waals surface area contributed by atoms with E-state index in [2.05, 4.69) is 44.8 Å². The molecule has 0 saturated carbocycles. The van der Waals surface area contributed by atoms with Crippen LogP contribution in [-0.4, -0.2) is 62.1 Å². The number of esters is 2. The van der Waals surface area contributed by atoms with E-state index in [0.29, 0.717) is 56.3 Å². The minimum absolute atomic E-state index is 0.00742. The lowest BCUT2D eigenvalue weighted by atomic mass is 9.96. The Morgan fingerprint density at radius 1 is 0.391 bits per heavy atom. The lowest BCUT2D eigenvalue weighted by Crippen LogP contribution is -2.42. The van der Waals surface area contributed by atoms with Gasteiger partial charge in [0.1, 0.15) is 0 Å². The van der Waals surface area contributed by atoms with Crippen molar-refractivity contribution < 1.29 is 23.9 Å². The summed E-state index contributed by atoms with van der Waals surface area (Å²) in [7, 11) is 1.94. The fourth-order valence-corrected chi connectivity index (χ4v) is 9.36. The second kappa shape index (κ2) is 49.3. The summed E-state index contributed by atoms with van der Waals surface area (Å²) in [6, 6.07) is 0.319. The van der Waals surface area contributed by atoms with E-state index in [9.17, 15) is 14.4 Å². The van der Waals surface area contributed by atoms with Crippen LogP contribution in [0.2, 0.25) is 0 Å². The molecule has 0 aromatic rings. The lowest BCUT2D eigenvalue weighted by Gasteiger charge is -2.33. The van der Waals surface area contributed by atoms with Crippen LogP contribution < -0.4 is 5.32 Å². The lowest BCUT2D eigenvalue weighted by molar-refractivity contribution is -0.146. The standard InChI is InChI=1S/C57H112N2O5/c1-7-12-17-20-21-26-31-38-49-59(55(60)47-48-58-6)54(43-34-27-22-24-29-36-45-56(61)63-50-52(39-15-10-4)41-32-18-13-8-2)44-35-28-23-25-30-37-46-57(62)64-51-53(40-16-11-5)42-33-19-14-9-3/h52-54,58H,7-51H2,1-6H3. The molecule has 7 heteroatoms. The molecule has 7 nitrogen and oxygen atoms in total. The molecule has 2 atom stereocenters. The molecule has 0 rings (SSSR count). The average molecular weight is 906 g/mol. The summed E-state index contributed by atoms with van der Waals surface area (Å²) in [5.74, 6) is 1.36. The van der Waals surface area contributed by atoms with Gasteiger partial charge >= 0.3 is 11.9 Å². The van der Waals surface area contributed by atoms with Crippen LogP contribution in [0.4, 0.5) is 0 Å². The molecule has 0 aromatic heterocycles. The molecule has 380 valence electrons. The van der Waals surface area contributed by atoms with Gasteiger partial charge in [-0.1, -0.05) is 221 Å². The van der Waals surface area contributed by atoms with Crippen molar-refractivity contribution in [3.63, 3.8) is 0 Å². The smallest absolute Gasteiger partial charge is 0.305 e. The fraction of sp³-hybridized carbons (Fsp3) is 0.947. The van der Waals surface area contributed by atoms with Gasteiger partial charge in [0, 0.05) is 38.4 Å². The summed E-state index contributed by atoms with van der Waals surface area (Å²) in [4.78, 5) is 41.2. The Morgan fingerprint density at radius 3 is 1.12 bits per heavy atom. The Hall–Kier alpha value is -1.63. The molecule has 0 saturated heterocycles. The number of rotatable bonds is 51. The second-order valence-corrected chi connectivity index (χ2v) is 20.0. The van der Waals surface area contributed by atoms with Crippen LogP contribution in [0, 0.1) is 11.8 Å². The summed E-state index contributed by atoms with van der Waals surface area (Å²) in [5, 5.41) is 3.21. The van der Waals surface area contributed by atoms with Crippen molar-refractivity contribution >= 4 is 17.8 Å². The van der Waals surface area contributed by atoms with E-state index < -0.39 is 0 Å². The molecule has 0 aliphatic carbocycles. The van der Waals surface area contributed by atoms with Crippen molar-refractivity contribution in [3.05, 3.63) is 0 Å². The van der Waals surface area contributed by atoms with Crippen LogP contribution in [0.15, 0.2) is 0 Å². The van der Waals surface area contributed by atoms with E-state index in [-0.39, 0.29) is 11.9 Å². The Balaban J connectivity index is 4.91. The average Bonchev–Trinajstić information content (AvgIpc) is 3.30. The molecule has 0 aliphatic heterocycles. The van der Waals surface area contributed by atoms with Gasteiger partial charge in [0.2, 0.25) is 5.91 Å². The molecular formula is C57H112N2O5. The number of amides is 1. The zero-order valence-electron chi connectivity index (χ0n) is 44.0. The first-order valence-corrected chi connectivity index (χ1v) is 28.6. The number of hydrogen-bond donors (Lipinski definition) is 1.